The second-order valence-corrected chi connectivity index (χ2v) is 10.3. The molecule has 4 N–H and O–H groups in total. The molecule has 0 aliphatic carbocycles. The van der Waals surface area contributed by atoms with E-state index in [9.17, 15) is 24.0 Å². The van der Waals surface area contributed by atoms with Crippen molar-refractivity contribution in [1.82, 2.24) is 20.4 Å². The van der Waals surface area contributed by atoms with Crippen LogP contribution < -0.4 is 10.6 Å². The van der Waals surface area contributed by atoms with E-state index in [4.69, 9.17) is 10.5 Å². The number of carboxylic acids is 1. The van der Waals surface area contributed by atoms with Crippen molar-refractivity contribution < 1.29 is 29.1 Å². The Morgan fingerprint density at radius 1 is 0.935 bits per heavy atom. The van der Waals surface area contributed by atoms with Gasteiger partial charge in [0.25, 0.3) is 5.91 Å². The largest absolute Gasteiger partial charge is 0.481 e. The average molecular weight is 634 g/mol. The Hall–Kier alpha value is -5.08. The van der Waals surface area contributed by atoms with Crippen LogP contribution in [0, 0.1) is 18.3 Å². The van der Waals surface area contributed by atoms with Gasteiger partial charge in [-0.3, -0.25) is 24.0 Å². The molecule has 2 unspecified atom stereocenters. The zero-order valence-corrected chi connectivity index (χ0v) is 27.4. The normalized spacial score (nSPS) is 11.8. The number of likely N-dealkylation sites (N-methyl/N-ethyl adjacent to an activating group) is 1. The Bertz CT molecular complexity index is 1380. The first-order valence-corrected chi connectivity index (χ1v) is 14.8. The summed E-state index contributed by atoms with van der Waals surface area (Å²) < 4.78 is 0. The van der Waals surface area contributed by atoms with E-state index in [0.717, 1.165) is 23.4 Å². The van der Waals surface area contributed by atoms with Gasteiger partial charge in [0.05, 0.1) is 25.6 Å². The molecule has 2 aromatic carbocycles. The van der Waals surface area contributed by atoms with E-state index in [0.29, 0.717) is 18.5 Å². The van der Waals surface area contributed by atoms with Crippen molar-refractivity contribution >= 4 is 46.5 Å². The van der Waals surface area contributed by atoms with E-state index < -0.39 is 42.2 Å². The van der Waals surface area contributed by atoms with Crippen LogP contribution in [0.15, 0.2) is 66.8 Å². The fourth-order valence-electron chi connectivity index (χ4n) is 4.14. The van der Waals surface area contributed by atoms with E-state index in [1.54, 1.807) is 38.1 Å². The van der Waals surface area contributed by atoms with Gasteiger partial charge < -0.3 is 30.9 Å². The predicted octanol–water partition coefficient (Wildman–Crippen LogP) is 3.69. The van der Waals surface area contributed by atoms with Crippen molar-refractivity contribution in [2.24, 2.45) is 0 Å². The van der Waals surface area contributed by atoms with Crippen LogP contribution in [0.4, 0.5) is 0 Å². The second kappa shape index (κ2) is 23.3. The molecule has 0 fully saturated rings. The van der Waals surface area contributed by atoms with Gasteiger partial charge in [-0.05, 0) is 50.7 Å². The Labute approximate surface area is 272 Å². The number of rotatable bonds is 16. The number of hydrogen-bond acceptors (Lipinski definition) is 7. The van der Waals surface area contributed by atoms with Crippen molar-refractivity contribution in [3.8, 4) is 12.8 Å². The molecule has 46 heavy (non-hydrogen) atoms. The number of fused-ring (bicyclic) bond motifs is 1. The molecule has 0 aliphatic rings. The number of Topliss-reactive ketones (excluding diaryl/α,β-unsaturated/α-hetero) is 1. The Morgan fingerprint density at radius 3 is 2.11 bits per heavy atom. The number of carboxylic acid groups (broad SMARTS) is 1. The molecule has 0 aromatic heterocycles. The lowest BCUT2D eigenvalue weighted by atomic mass is 10.0. The molecular weight excluding hydrogens is 586 g/mol. The van der Waals surface area contributed by atoms with Gasteiger partial charge in [-0.2, -0.15) is 0 Å². The summed E-state index contributed by atoms with van der Waals surface area (Å²) in [4.78, 5) is 63.5. The highest BCUT2D eigenvalue weighted by Gasteiger charge is 2.27. The average Bonchev–Trinajstić information content (AvgIpc) is 3.02. The van der Waals surface area contributed by atoms with Crippen molar-refractivity contribution in [3.05, 3.63) is 72.3 Å². The Kier molecular flexibility index (Phi) is 20.7. The van der Waals surface area contributed by atoms with Gasteiger partial charge in [-0.1, -0.05) is 74.5 Å². The molecule has 2 atom stereocenters. The third-order valence-corrected chi connectivity index (χ3v) is 6.12. The van der Waals surface area contributed by atoms with Crippen LogP contribution in [-0.4, -0.2) is 96.4 Å². The lowest BCUT2D eigenvalue weighted by Gasteiger charge is -2.27. The number of nitrogens with zero attached hydrogens (tertiary/aromatic N) is 2. The first kappa shape index (κ1) is 40.9. The van der Waals surface area contributed by atoms with Crippen LogP contribution in [0.2, 0.25) is 0 Å². The van der Waals surface area contributed by atoms with Gasteiger partial charge in [0.1, 0.15) is 11.8 Å². The van der Waals surface area contributed by atoms with Crippen molar-refractivity contribution in [1.29, 1.82) is 5.41 Å². The quantitative estimate of drug-likeness (QED) is 0.125. The van der Waals surface area contributed by atoms with Gasteiger partial charge in [-0.15, -0.1) is 12.8 Å². The molecule has 0 spiro atoms. The molecule has 2 aromatic rings. The number of allylic oxidation sites excluding steroid dienone is 3. The smallest absolute Gasteiger partial charge is 0.305 e. The molecule has 2 rings (SSSR count). The number of amides is 3. The topological polar surface area (TPSA) is 160 Å². The van der Waals surface area contributed by atoms with Crippen molar-refractivity contribution in [2.45, 2.75) is 52.1 Å². The van der Waals surface area contributed by atoms with Crippen LogP contribution >= 0.6 is 0 Å². The number of aliphatic carboxylic acids is 1. The van der Waals surface area contributed by atoms with E-state index in [1.807, 2.05) is 68.4 Å². The highest BCUT2D eigenvalue weighted by atomic mass is 16.4. The molecule has 0 heterocycles. The SMILES string of the molecule is C#C.CC(=O)CN(C)C.CC/C=C\C=C/CN(CC(=O)NC(C=N)CC(=O)O)C(=O)C(CC)NC(=O)c1cccc2ccccc12. The zero-order valence-electron chi connectivity index (χ0n) is 27.4. The van der Waals surface area contributed by atoms with Gasteiger partial charge >= 0.3 is 5.97 Å². The van der Waals surface area contributed by atoms with Crippen LogP contribution in [0.1, 0.15) is 50.4 Å². The zero-order chi connectivity index (χ0) is 35.1. The molecule has 0 bridgehead atoms. The summed E-state index contributed by atoms with van der Waals surface area (Å²) in [6.07, 6.45) is 16.8. The van der Waals surface area contributed by atoms with E-state index in [-0.39, 0.29) is 18.9 Å². The Balaban J connectivity index is 0.00000198. The maximum atomic E-state index is 13.4. The summed E-state index contributed by atoms with van der Waals surface area (Å²) in [5.74, 6) is -2.39. The van der Waals surface area contributed by atoms with Crippen LogP contribution in [0.25, 0.3) is 10.8 Å². The molecule has 11 heteroatoms. The van der Waals surface area contributed by atoms with Crippen LogP contribution in [0.3, 0.4) is 0 Å². The lowest BCUT2D eigenvalue weighted by molar-refractivity contribution is -0.139. The summed E-state index contributed by atoms with van der Waals surface area (Å²) in [7, 11) is 3.75. The minimum absolute atomic E-state index is 0.106. The van der Waals surface area contributed by atoms with Gasteiger partial charge in [0, 0.05) is 18.3 Å². The standard InChI is InChI=1S/C28H34N4O5.C5H11NO.C2H2/c1-3-5-6-7-10-16-32(19-25(33)30-21(18-29)17-26(34)35)28(37)24(4-2)31-27(36)23-15-11-13-20-12-8-9-14-22(20)23;1-5(7)4-6(2)3;1-2/h5-15,18,21,24,29H,3-4,16-17,19H2,1-2H3,(H,30,33)(H,31,36)(H,34,35);4H2,1-3H3;1-2H/b6-5-,10-7-,29-18?;;. The first-order chi connectivity index (χ1) is 21.9. The highest BCUT2D eigenvalue weighted by molar-refractivity contribution is 6.08. The summed E-state index contributed by atoms with van der Waals surface area (Å²) in [6.45, 7) is 5.65. The lowest BCUT2D eigenvalue weighted by Crippen LogP contribution is -2.52. The number of nitrogens with one attached hydrogen (secondary N) is 3. The second-order valence-electron chi connectivity index (χ2n) is 10.3. The monoisotopic (exact) mass is 633 g/mol. The fraction of sp³-hybridized carbons (Fsp3) is 0.371. The molecule has 0 radical (unpaired) electrons. The minimum Gasteiger partial charge on any atom is -0.481 e. The fourth-order valence-corrected chi connectivity index (χ4v) is 4.14. The summed E-state index contributed by atoms with van der Waals surface area (Å²) in [5, 5.41) is 23.2. The van der Waals surface area contributed by atoms with Crippen molar-refractivity contribution in [2.75, 3.05) is 33.7 Å². The third kappa shape index (κ3) is 16.1. The summed E-state index contributed by atoms with van der Waals surface area (Å²) >= 11 is 0. The number of hydrogen-bond donors (Lipinski definition) is 4. The molecule has 3 amide bonds. The van der Waals surface area contributed by atoms with E-state index >= 15 is 0 Å². The molecule has 11 nitrogen and oxygen atoms in total. The van der Waals surface area contributed by atoms with Gasteiger partial charge in [0.2, 0.25) is 11.8 Å². The summed E-state index contributed by atoms with van der Waals surface area (Å²) in [6, 6.07) is 11.0. The predicted molar refractivity (Wildman–Crippen MR) is 183 cm³/mol. The van der Waals surface area contributed by atoms with E-state index in [1.165, 1.54) is 4.90 Å². The van der Waals surface area contributed by atoms with Gasteiger partial charge in [-0.25, -0.2) is 0 Å². The number of carbonyl (C=O) groups excluding carboxylic acids is 4. The Morgan fingerprint density at radius 2 is 1.57 bits per heavy atom. The molecular formula is C35H47N5O6. The maximum absolute atomic E-state index is 13.4. The van der Waals surface area contributed by atoms with Crippen molar-refractivity contribution in [3.63, 3.8) is 0 Å². The van der Waals surface area contributed by atoms with Gasteiger partial charge in [0.15, 0.2) is 0 Å². The number of benzene rings is 2. The first-order valence-electron chi connectivity index (χ1n) is 14.8. The number of ketones is 1. The van der Waals surface area contributed by atoms with E-state index in [2.05, 4.69) is 23.5 Å². The highest BCUT2D eigenvalue weighted by Crippen LogP contribution is 2.18. The minimum atomic E-state index is -1.16. The number of carbonyl (C=O) groups is 5. The van der Waals surface area contributed by atoms with Crippen LogP contribution in [0.5, 0.6) is 0 Å². The molecule has 0 saturated carbocycles. The molecule has 0 aliphatic heterocycles. The maximum Gasteiger partial charge on any atom is 0.305 e. The van der Waals surface area contributed by atoms with Crippen LogP contribution in [-0.2, 0) is 19.2 Å². The number of terminal acetylenes is 1. The molecule has 248 valence electrons. The third-order valence-electron chi connectivity index (χ3n) is 6.12. The molecule has 0 saturated heterocycles. The summed E-state index contributed by atoms with van der Waals surface area (Å²) in [5.41, 5.74) is 0.445.